The van der Waals surface area contributed by atoms with Gasteiger partial charge in [-0.3, -0.25) is 0 Å². The van der Waals surface area contributed by atoms with Gasteiger partial charge in [0.15, 0.2) is 0 Å². The monoisotopic (exact) mass is 283 g/mol. The summed E-state index contributed by atoms with van der Waals surface area (Å²) in [6.07, 6.45) is 6.64. The number of nitrogens with zero attached hydrogens (tertiary/aromatic N) is 1. The topological polar surface area (TPSA) is 29.5 Å². The quantitative estimate of drug-likeness (QED) is 0.777. The predicted octanol–water partition coefficient (Wildman–Crippen LogP) is 4.21. The Labute approximate surface area is 121 Å². The minimum atomic E-state index is -0.440. The highest BCUT2D eigenvalue weighted by atomic mass is 32.2. The number of amides is 1. The van der Waals surface area contributed by atoms with Gasteiger partial charge in [-0.2, -0.15) is 0 Å². The molecular formula is C15H25NO2S. The van der Waals surface area contributed by atoms with Crippen molar-refractivity contribution in [3.05, 3.63) is 23.1 Å². The molecule has 0 aromatic carbocycles. The van der Waals surface area contributed by atoms with Crippen molar-refractivity contribution in [2.45, 2.75) is 51.7 Å². The second-order valence-electron chi connectivity index (χ2n) is 5.84. The van der Waals surface area contributed by atoms with Gasteiger partial charge in [-0.1, -0.05) is 12.7 Å². The zero-order chi connectivity index (χ0) is 14.6. The fourth-order valence-electron chi connectivity index (χ4n) is 2.15. The molecule has 1 aliphatic rings. The third kappa shape index (κ3) is 4.60. The van der Waals surface area contributed by atoms with Crippen LogP contribution in [0.5, 0.6) is 0 Å². The van der Waals surface area contributed by atoms with Gasteiger partial charge in [0.1, 0.15) is 5.60 Å². The smallest absolute Gasteiger partial charge is 0.410 e. The number of hydrogen-bond acceptors (Lipinski definition) is 3. The summed E-state index contributed by atoms with van der Waals surface area (Å²) in [4.78, 5) is 15.1. The molecule has 0 aliphatic heterocycles. The van der Waals surface area contributed by atoms with E-state index in [0.29, 0.717) is 0 Å². The molecule has 1 rings (SSSR count). The Morgan fingerprint density at radius 3 is 2.63 bits per heavy atom. The van der Waals surface area contributed by atoms with E-state index < -0.39 is 5.60 Å². The summed E-state index contributed by atoms with van der Waals surface area (Å²) in [5, 5.41) is 0. The second kappa shape index (κ2) is 6.51. The summed E-state index contributed by atoms with van der Waals surface area (Å²) < 4.78 is 5.42. The third-order valence-electron chi connectivity index (χ3n) is 3.25. The molecule has 0 fully saturated rings. The summed E-state index contributed by atoms with van der Waals surface area (Å²) in [6, 6.07) is 0.223. The van der Waals surface area contributed by atoms with Crippen molar-refractivity contribution in [2.75, 3.05) is 13.3 Å². The first kappa shape index (κ1) is 16.2. The van der Waals surface area contributed by atoms with Gasteiger partial charge in [0.25, 0.3) is 0 Å². The Hall–Kier alpha value is -0.900. The summed E-state index contributed by atoms with van der Waals surface area (Å²) >= 11 is 1.75. The maximum absolute atomic E-state index is 12.1. The van der Waals surface area contributed by atoms with Crippen LogP contribution in [0.3, 0.4) is 0 Å². The lowest BCUT2D eigenvalue weighted by atomic mass is 9.94. The van der Waals surface area contributed by atoms with Crippen LogP contribution < -0.4 is 0 Å². The van der Waals surface area contributed by atoms with Crippen LogP contribution in [0.15, 0.2) is 23.1 Å². The molecule has 108 valence electrons. The minimum Gasteiger partial charge on any atom is -0.444 e. The van der Waals surface area contributed by atoms with E-state index in [2.05, 4.69) is 12.8 Å². The van der Waals surface area contributed by atoms with Gasteiger partial charge in [0.2, 0.25) is 0 Å². The van der Waals surface area contributed by atoms with Crippen molar-refractivity contribution >= 4 is 17.9 Å². The molecule has 0 aromatic heterocycles. The van der Waals surface area contributed by atoms with Gasteiger partial charge in [-0.15, -0.1) is 11.8 Å². The van der Waals surface area contributed by atoms with Crippen LogP contribution in [0.4, 0.5) is 4.79 Å². The van der Waals surface area contributed by atoms with Crippen molar-refractivity contribution in [2.24, 2.45) is 0 Å². The first-order chi connectivity index (χ1) is 8.78. The molecule has 0 saturated carbocycles. The highest BCUT2D eigenvalue weighted by molar-refractivity contribution is 8.02. The van der Waals surface area contributed by atoms with Crippen molar-refractivity contribution in [3.8, 4) is 0 Å². The molecular weight excluding hydrogens is 258 g/mol. The van der Waals surface area contributed by atoms with Gasteiger partial charge < -0.3 is 9.64 Å². The highest BCUT2D eigenvalue weighted by Gasteiger charge is 2.28. The lowest BCUT2D eigenvalue weighted by molar-refractivity contribution is 0.0212. The fraction of sp³-hybridized carbons (Fsp3) is 0.667. The number of hydrogen-bond donors (Lipinski definition) is 0. The van der Waals surface area contributed by atoms with Crippen LogP contribution in [-0.4, -0.2) is 35.9 Å². The van der Waals surface area contributed by atoms with E-state index in [1.165, 1.54) is 10.5 Å². The summed E-state index contributed by atoms with van der Waals surface area (Å²) in [5.74, 6) is 0. The number of allylic oxidation sites excluding steroid dienone is 2. The molecule has 0 N–H and O–H groups in total. The molecule has 1 aliphatic carbocycles. The molecule has 4 heteroatoms. The summed E-state index contributed by atoms with van der Waals surface area (Å²) in [7, 11) is 1.83. The van der Waals surface area contributed by atoms with Gasteiger partial charge in [-0.25, -0.2) is 4.79 Å². The summed E-state index contributed by atoms with van der Waals surface area (Å²) in [5.41, 5.74) is 0.881. The number of rotatable bonds is 3. The number of ether oxygens (including phenoxy) is 1. The Morgan fingerprint density at radius 1 is 1.53 bits per heavy atom. The molecule has 0 saturated heterocycles. The van der Waals surface area contributed by atoms with Crippen molar-refractivity contribution < 1.29 is 9.53 Å². The highest BCUT2D eigenvalue weighted by Crippen LogP contribution is 2.34. The molecule has 0 bridgehead atoms. The van der Waals surface area contributed by atoms with Crippen molar-refractivity contribution in [1.29, 1.82) is 0 Å². The van der Waals surface area contributed by atoms with Crippen LogP contribution in [0.1, 0.15) is 40.0 Å². The maximum Gasteiger partial charge on any atom is 0.410 e. The molecule has 0 heterocycles. The van der Waals surface area contributed by atoms with Crippen LogP contribution in [0, 0.1) is 0 Å². The van der Waals surface area contributed by atoms with E-state index in [4.69, 9.17) is 4.74 Å². The van der Waals surface area contributed by atoms with E-state index in [9.17, 15) is 4.79 Å². The van der Waals surface area contributed by atoms with Gasteiger partial charge in [0.05, 0.1) is 0 Å². The molecule has 1 unspecified atom stereocenters. The zero-order valence-corrected chi connectivity index (χ0v) is 13.5. The Balaban J connectivity index is 2.70. The first-order valence-electron chi connectivity index (χ1n) is 6.62. The molecule has 19 heavy (non-hydrogen) atoms. The molecule has 0 radical (unpaired) electrons. The predicted molar refractivity (Wildman–Crippen MR) is 82.4 cm³/mol. The second-order valence-corrected chi connectivity index (χ2v) is 6.75. The van der Waals surface area contributed by atoms with E-state index in [1.54, 1.807) is 16.7 Å². The van der Waals surface area contributed by atoms with E-state index in [-0.39, 0.29) is 12.1 Å². The molecule has 0 aromatic rings. The van der Waals surface area contributed by atoms with Crippen molar-refractivity contribution in [1.82, 2.24) is 4.90 Å². The Morgan fingerprint density at radius 2 is 2.16 bits per heavy atom. The average Bonchev–Trinajstić information content (AvgIpc) is 2.34. The Bertz CT molecular complexity index is 382. The molecule has 3 nitrogen and oxygen atoms in total. The lowest BCUT2D eigenvalue weighted by Crippen LogP contribution is -2.41. The minimum absolute atomic E-state index is 0.223. The average molecular weight is 283 g/mol. The van der Waals surface area contributed by atoms with Crippen LogP contribution in [0.2, 0.25) is 0 Å². The van der Waals surface area contributed by atoms with E-state index in [0.717, 1.165) is 19.3 Å². The summed E-state index contributed by atoms with van der Waals surface area (Å²) in [6.45, 7) is 9.53. The Kier molecular flexibility index (Phi) is 5.53. The molecule has 1 amide bonds. The van der Waals surface area contributed by atoms with Gasteiger partial charge >= 0.3 is 6.09 Å². The van der Waals surface area contributed by atoms with E-state index in [1.807, 2.05) is 33.9 Å². The van der Waals surface area contributed by atoms with Crippen molar-refractivity contribution in [3.63, 3.8) is 0 Å². The zero-order valence-electron chi connectivity index (χ0n) is 12.7. The molecule has 1 atom stereocenters. The normalized spacial score (nSPS) is 20.2. The van der Waals surface area contributed by atoms with Gasteiger partial charge in [0, 0.05) is 13.1 Å². The van der Waals surface area contributed by atoms with Crippen LogP contribution >= 0.6 is 11.8 Å². The fourth-order valence-corrected chi connectivity index (χ4v) is 2.96. The lowest BCUT2D eigenvalue weighted by Gasteiger charge is -2.34. The largest absolute Gasteiger partial charge is 0.444 e. The molecule has 0 spiro atoms. The number of carbonyl (C=O) groups excluding carboxylic acids is 1. The van der Waals surface area contributed by atoms with Crippen LogP contribution in [0.25, 0.3) is 0 Å². The first-order valence-corrected chi connectivity index (χ1v) is 7.85. The van der Waals surface area contributed by atoms with Crippen LogP contribution in [-0.2, 0) is 4.74 Å². The number of thioether (sulfide) groups is 1. The standard InChI is InChI=1S/C15H25NO2S/c1-7-11-8-9-12(10-13(11)19-6)16(5)14(17)18-15(2,3)4/h7,12H,1,8-10H2,2-6H3. The number of carbonyl (C=O) groups is 1. The SMILES string of the molecule is C=CC1=C(SC)CC(N(C)C(=O)OC(C)(C)C)CC1. The third-order valence-corrected chi connectivity index (χ3v) is 4.17. The van der Waals surface area contributed by atoms with E-state index >= 15 is 0 Å². The maximum atomic E-state index is 12.1. The van der Waals surface area contributed by atoms with Gasteiger partial charge in [-0.05, 0) is 56.8 Å².